The number of aliphatic hydroxyl groups is 3. The summed E-state index contributed by atoms with van der Waals surface area (Å²) in [7, 11) is 0. The van der Waals surface area contributed by atoms with Gasteiger partial charge in [0.15, 0.2) is 0 Å². The first-order chi connectivity index (χ1) is 10.6. The van der Waals surface area contributed by atoms with Crippen LogP contribution in [0.25, 0.3) is 0 Å². The predicted molar refractivity (Wildman–Crippen MR) is 91.9 cm³/mol. The second-order valence-corrected chi connectivity index (χ2v) is 9.52. The minimum absolute atomic E-state index is 0.0443. The van der Waals surface area contributed by atoms with Crippen molar-refractivity contribution in [2.24, 2.45) is 28.1 Å². The van der Waals surface area contributed by atoms with Gasteiger partial charge in [0.25, 0.3) is 0 Å². The van der Waals surface area contributed by atoms with Crippen LogP contribution in [-0.4, -0.2) is 34.1 Å². The molecule has 3 N–H and O–H groups in total. The number of allylic oxidation sites excluding steroid dienone is 1. The smallest absolute Gasteiger partial charge is 0.0858 e. The molecule has 0 aliphatic heterocycles. The Morgan fingerprint density at radius 2 is 1.83 bits per heavy atom. The molecule has 132 valence electrons. The average molecular weight is 322 g/mol. The van der Waals surface area contributed by atoms with Gasteiger partial charge in [-0.25, -0.2) is 0 Å². The highest BCUT2D eigenvalue weighted by atomic mass is 16.3. The Hall–Kier alpha value is -0.380. The second kappa shape index (κ2) is 5.57. The van der Waals surface area contributed by atoms with Gasteiger partial charge in [0, 0.05) is 10.8 Å². The molecule has 3 aliphatic rings. The van der Waals surface area contributed by atoms with Gasteiger partial charge in [-0.2, -0.15) is 0 Å². The highest BCUT2D eigenvalue weighted by Gasteiger charge is 2.58. The van der Waals surface area contributed by atoms with E-state index in [9.17, 15) is 15.3 Å². The summed E-state index contributed by atoms with van der Waals surface area (Å²) in [5.41, 5.74) is 1.35. The minimum atomic E-state index is -0.686. The van der Waals surface area contributed by atoms with Crippen LogP contribution in [0.5, 0.6) is 0 Å². The van der Waals surface area contributed by atoms with Crippen LogP contribution in [0.1, 0.15) is 66.2 Å². The first-order valence-electron chi connectivity index (χ1n) is 9.34. The molecular weight excluding hydrogens is 288 g/mol. The Balaban J connectivity index is 1.97. The minimum Gasteiger partial charge on any atom is -0.394 e. The lowest BCUT2D eigenvalue weighted by molar-refractivity contribution is -0.143. The van der Waals surface area contributed by atoms with Gasteiger partial charge >= 0.3 is 0 Å². The molecule has 3 aliphatic carbocycles. The third-order valence-electron chi connectivity index (χ3n) is 7.82. The Bertz CT molecular complexity index is 497. The molecule has 0 aromatic rings. The summed E-state index contributed by atoms with van der Waals surface area (Å²) in [6, 6.07) is 0. The molecule has 0 aromatic carbocycles. The van der Waals surface area contributed by atoms with Crippen molar-refractivity contribution >= 4 is 0 Å². The number of rotatable bonds is 2. The third-order valence-corrected chi connectivity index (χ3v) is 7.82. The third kappa shape index (κ3) is 2.51. The van der Waals surface area contributed by atoms with Crippen molar-refractivity contribution in [2.75, 3.05) is 6.61 Å². The molecule has 0 bridgehead atoms. The molecule has 0 spiro atoms. The van der Waals surface area contributed by atoms with Gasteiger partial charge in [-0.3, -0.25) is 0 Å². The van der Waals surface area contributed by atoms with Crippen molar-refractivity contribution in [3.63, 3.8) is 0 Å². The molecule has 3 heteroatoms. The van der Waals surface area contributed by atoms with Crippen LogP contribution >= 0.6 is 0 Å². The van der Waals surface area contributed by atoms with Crippen molar-refractivity contribution in [1.29, 1.82) is 0 Å². The Kier molecular flexibility index (Phi) is 4.23. The van der Waals surface area contributed by atoms with Crippen molar-refractivity contribution in [3.05, 3.63) is 11.6 Å². The normalized spacial score (nSPS) is 47.3. The molecule has 0 saturated heterocycles. The number of aliphatic hydroxyl groups excluding tert-OH is 3. The molecule has 2 saturated carbocycles. The predicted octanol–water partition coefficient (Wildman–Crippen LogP) is 3.28. The van der Waals surface area contributed by atoms with Gasteiger partial charge in [0.1, 0.15) is 0 Å². The summed E-state index contributed by atoms with van der Waals surface area (Å²) in [5.74, 6) is 0.989. The standard InChI is InChI=1S/C20H34O3/c1-18(2)9-8-16(22)20(4)14-7-10-19(3,17(23)12-21)11-13(14)5-6-15(18)20/h11,14-17,21-23H,5-10,12H2,1-4H3/t14-,15-,16+,17+,19+,20+/m1/s1. The van der Waals surface area contributed by atoms with E-state index in [2.05, 4.69) is 33.8 Å². The Morgan fingerprint density at radius 1 is 1.13 bits per heavy atom. The van der Waals surface area contributed by atoms with E-state index in [1.54, 1.807) is 0 Å². The molecule has 0 amide bonds. The summed E-state index contributed by atoms with van der Waals surface area (Å²) >= 11 is 0. The van der Waals surface area contributed by atoms with Crippen LogP contribution in [0, 0.1) is 28.1 Å². The zero-order chi connectivity index (χ0) is 17.0. The van der Waals surface area contributed by atoms with Gasteiger partial charge in [-0.1, -0.05) is 39.3 Å². The monoisotopic (exact) mass is 322 g/mol. The molecule has 6 atom stereocenters. The van der Waals surface area contributed by atoms with Gasteiger partial charge in [0.2, 0.25) is 0 Å². The van der Waals surface area contributed by atoms with Crippen LogP contribution in [0.4, 0.5) is 0 Å². The van der Waals surface area contributed by atoms with Gasteiger partial charge < -0.3 is 15.3 Å². The van der Waals surface area contributed by atoms with E-state index in [4.69, 9.17) is 0 Å². The fourth-order valence-electron chi connectivity index (χ4n) is 6.22. The fourth-order valence-corrected chi connectivity index (χ4v) is 6.22. The maximum atomic E-state index is 10.9. The maximum absolute atomic E-state index is 10.9. The lowest BCUT2D eigenvalue weighted by Gasteiger charge is -2.61. The SMILES string of the molecule is CC1(C)CC[C@H](O)[C@@]2(C)[C@@H]3CC[C@](C)([C@@H](O)CO)C=C3CC[C@H]12. The molecular formula is C20H34O3. The van der Waals surface area contributed by atoms with Crippen LogP contribution in [0.15, 0.2) is 11.6 Å². The summed E-state index contributed by atoms with van der Waals surface area (Å²) in [5, 5.41) is 30.5. The molecule has 0 unspecified atom stereocenters. The number of hydrogen-bond donors (Lipinski definition) is 3. The highest BCUT2D eigenvalue weighted by Crippen LogP contribution is 2.63. The summed E-state index contributed by atoms with van der Waals surface area (Å²) in [6.45, 7) is 8.94. The van der Waals surface area contributed by atoms with E-state index in [1.165, 1.54) is 5.57 Å². The van der Waals surface area contributed by atoms with Crippen LogP contribution < -0.4 is 0 Å². The van der Waals surface area contributed by atoms with Crippen molar-refractivity contribution in [1.82, 2.24) is 0 Å². The van der Waals surface area contributed by atoms with Crippen LogP contribution in [-0.2, 0) is 0 Å². The molecule has 23 heavy (non-hydrogen) atoms. The van der Waals surface area contributed by atoms with Crippen LogP contribution in [0.3, 0.4) is 0 Å². The van der Waals surface area contributed by atoms with E-state index < -0.39 is 6.10 Å². The summed E-state index contributed by atoms with van der Waals surface area (Å²) < 4.78 is 0. The summed E-state index contributed by atoms with van der Waals surface area (Å²) in [6.07, 6.45) is 7.47. The first kappa shape index (κ1) is 17.4. The molecule has 0 radical (unpaired) electrons. The van der Waals surface area contributed by atoms with E-state index >= 15 is 0 Å². The summed E-state index contributed by atoms with van der Waals surface area (Å²) in [4.78, 5) is 0. The second-order valence-electron chi connectivity index (χ2n) is 9.52. The van der Waals surface area contributed by atoms with Crippen molar-refractivity contribution in [3.8, 4) is 0 Å². The molecule has 3 nitrogen and oxygen atoms in total. The zero-order valence-corrected chi connectivity index (χ0v) is 15.2. The Morgan fingerprint density at radius 3 is 2.48 bits per heavy atom. The topological polar surface area (TPSA) is 60.7 Å². The molecule has 2 fully saturated rings. The fraction of sp³-hybridized carbons (Fsp3) is 0.900. The number of fused-ring (bicyclic) bond motifs is 3. The molecule has 3 rings (SSSR count). The lowest BCUT2D eigenvalue weighted by atomic mass is 9.44. The van der Waals surface area contributed by atoms with E-state index in [0.29, 0.717) is 17.3 Å². The van der Waals surface area contributed by atoms with Gasteiger partial charge in [0.05, 0.1) is 18.8 Å². The highest BCUT2D eigenvalue weighted by molar-refractivity contribution is 5.26. The van der Waals surface area contributed by atoms with Gasteiger partial charge in [-0.05, 0) is 55.8 Å². The Labute approximate surface area is 140 Å². The molecule has 0 aromatic heterocycles. The van der Waals surface area contributed by atoms with Crippen LogP contribution in [0.2, 0.25) is 0 Å². The van der Waals surface area contributed by atoms with Crippen molar-refractivity contribution < 1.29 is 15.3 Å². The average Bonchev–Trinajstić information content (AvgIpc) is 2.50. The van der Waals surface area contributed by atoms with E-state index in [1.807, 2.05) is 0 Å². The van der Waals surface area contributed by atoms with E-state index in [0.717, 1.165) is 38.5 Å². The quantitative estimate of drug-likeness (QED) is 0.684. The molecule has 0 heterocycles. The maximum Gasteiger partial charge on any atom is 0.0858 e. The number of hydrogen-bond acceptors (Lipinski definition) is 3. The van der Waals surface area contributed by atoms with Crippen molar-refractivity contribution in [2.45, 2.75) is 78.4 Å². The van der Waals surface area contributed by atoms with E-state index in [-0.39, 0.29) is 23.5 Å². The lowest BCUT2D eigenvalue weighted by Crippen LogP contribution is -2.57. The zero-order valence-electron chi connectivity index (χ0n) is 15.2. The van der Waals surface area contributed by atoms with Gasteiger partial charge in [-0.15, -0.1) is 0 Å². The largest absolute Gasteiger partial charge is 0.394 e. The first-order valence-corrected chi connectivity index (χ1v) is 9.34.